The third-order valence-corrected chi connectivity index (χ3v) is 5.39. The number of carbonyl (C=O) groups excluding carboxylic acids is 1. The number of nitro benzene ring substituents is 1. The summed E-state index contributed by atoms with van der Waals surface area (Å²) in [6.45, 7) is 3.80. The summed E-state index contributed by atoms with van der Waals surface area (Å²) in [4.78, 5) is 24.9. The summed E-state index contributed by atoms with van der Waals surface area (Å²) < 4.78 is 19.9. The molecule has 2 aromatic rings. The minimum absolute atomic E-state index is 0.0667. The van der Waals surface area contributed by atoms with Gasteiger partial charge in [-0.2, -0.15) is 0 Å². The number of thioether (sulfide) groups is 1. The van der Waals surface area contributed by atoms with Gasteiger partial charge in [-0.1, -0.05) is 48.3 Å². The van der Waals surface area contributed by atoms with Crippen LogP contribution in [0.5, 0.6) is 5.75 Å². The molecule has 1 saturated heterocycles. The molecule has 0 radical (unpaired) electrons. The van der Waals surface area contributed by atoms with Gasteiger partial charge in [0, 0.05) is 29.8 Å². The van der Waals surface area contributed by atoms with Crippen LogP contribution in [0.2, 0.25) is 0 Å². The van der Waals surface area contributed by atoms with Crippen LogP contribution in [0.3, 0.4) is 0 Å². The fourth-order valence-electron chi connectivity index (χ4n) is 2.59. The first-order valence-electron chi connectivity index (χ1n) is 8.41. The summed E-state index contributed by atoms with van der Waals surface area (Å²) in [7, 11) is 0. The van der Waals surface area contributed by atoms with Crippen molar-refractivity contribution in [1.82, 2.24) is 4.90 Å². The minimum atomic E-state index is -0.541. The zero-order chi connectivity index (χ0) is 21.0. The van der Waals surface area contributed by atoms with Gasteiger partial charge in [0.25, 0.3) is 11.6 Å². The molecule has 0 saturated carbocycles. The van der Waals surface area contributed by atoms with Gasteiger partial charge < -0.3 is 4.74 Å². The number of thiocarbonyl (C=S) groups is 1. The maximum Gasteiger partial charge on any atom is 0.270 e. The van der Waals surface area contributed by atoms with E-state index in [-0.39, 0.29) is 30.5 Å². The van der Waals surface area contributed by atoms with Crippen molar-refractivity contribution in [3.05, 3.63) is 87.1 Å². The molecule has 0 aromatic heterocycles. The average molecular weight is 430 g/mol. The summed E-state index contributed by atoms with van der Waals surface area (Å²) in [6, 6.07) is 10.2. The summed E-state index contributed by atoms with van der Waals surface area (Å²) in [5, 5.41) is 11.2. The third kappa shape index (κ3) is 4.69. The number of ether oxygens (including phenoxy) is 1. The molecule has 148 valence electrons. The Morgan fingerprint density at radius 1 is 1.31 bits per heavy atom. The van der Waals surface area contributed by atoms with Gasteiger partial charge in [0.15, 0.2) is 0 Å². The topological polar surface area (TPSA) is 72.7 Å². The lowest BCUT2D eigenvalue weighted by Gasteiger charge is -2.11. The van der Waals surface area contributed by atoms with Crippen LogP contribution < -0.4 is 4.74 Å². The van der Waals surface area contributed by atoms with Crippen LogP contribution in [0.4, 0.5) is 10.1 Å². The van der Waals surface area contributed by atoms with Crippen LogP contribution in [-0.2, 0) is 11.4 Å². The van der Waals surface area contributed by atoms with E-state index in [2.05, 4.69) is 6.58 Å². The van der Waals surface area contributed by atoms with E-state index in [0.29, 0.717) is 20.4 Å². The van der Waals surface area contributed by atoms with Gasteiger partial charge in [-0.3, -0.25) is 19.8 Å². The highest BCUT2D eigenvalue weighted by Gasteiger charge is 2.31. The van der Waals surface area contributed by atoms with E-state index in [4.69, 9.17) is 17.0 Å². The quantitative estimate of drug-likeness (QED) is 0.208. The number of carbonyl (C=O) groups is 1. The fraction of sp³-hybridized carbons (Fsp3) is 0.100. The summed E-state index contributed by atoms with van der Waals surface area (Å²) in [5.74, 6) is -0.444. The lowest BCUT2D eigenvalue weighted by atomic mass is 10.1. The van der Waals surface area contributed by atoms with E-state index in [1.54, 1.807) is 24.3 Å². The van der Waals surface area contributed by atoms with Crippen molar-refractivity contribution in [2.45, 2.75) is 6.61 Å². The van der Waals surface area contributed by atoms with Crippen LogP contribution in [0.1, 0.15) is 11.1 Å². The molecule has 1 aliphatic heterocycles. The molecule has 0 atom stereocenters. The number of rotatable bonds is 7. The van der Waals surface area contributed by atoms with Crippen LogP contribution in [0.15, 0.2) is 60.0 Å². The number of benzene rings is 2. The van der Waals surface area contributed by atoms with Gasteiger partial charge in [-0.15, -0.1) is 6.58 Å². The lowest BCUT2D eigenvalue weighted by Crippen LogP contribution is -2.27. The fourth-order valence-corrected chi connectivity index (χ4v) is 3.86. The lowest BCUT2D eigenvalue weighted by molar-refractivity contribution is -0.384. The van der Waals surface area contributed by atoms with Gasteiger partial charge in [-0.05, 0) is 18.2 Å². The Balaban J connectivity index is 1.93. The average Bonchev–Trinajstić information content (AvgIpc) is 2.95. The summed E-state index contributed by atoms with van der Waals surface area (Å²) in [5.41, 5.74) is 0.514. The summed E-state index contributed by atoms with van der Waals surface area (Å²) >= 11 is 6.30. The highest BCUT2D eigenvalue weighted by Crippen LogP contribution is 2.35. The largest absolute Gasteiger partial charge is 0.488 e. The molecule has 0 unspecified atom stereocenters. The number of nitro groups is 1. The smallest absolute Gasteiger partial charge is 0.270 e. The van der Waals surface area contributed by atoms with Crippen molar-refractivity contribution in [3.8, 4) is 5.75 Å². The number of non-ortho nitro benzene ring substituents is 1. The first kappa shape index (κ1) is 20.7. The van der Waals surface area contributed by atoms with E-state index in [9.17, 15) is 19.3 Å². The Kier molecular flexibility index (Phi) is 6.40. The van der Waals surface area contributed by atoms with Gasteiger partial charge in [-0.25, -0.2) is 4.39 Å². The van der Waals surface area contributed by atoms with Gasteiger partial charge in [0.2, 0.25) is 0 Å². The van der Waals surface area contributed by atoms with Gasteiger partial charge in [0.05, 0.1) is 9.83 Å². The molecule has 29 heavy (non-hydrogen) atoms. The van der Waals surface area contributed by atoms with E-state index in [1.165, 1.54) is 35.2 Å². The van der Waals surface area contributed by atoms with Crippen molar-refractivity contribution in [1.29, 1.82) is 0 Å². The second kappa shape index (κ2) is 8.97. The molecule has 2 aromatic carbocycles. The molecule has 1 heterocycles. The monoisotopic (exact) mass is 430 g/mol. The van der Waals surface area contributed by atoms with Gasteiger partial charge in [0.1, 0.15) is 22.5 Å². The molecule has 0 bridgehead atoms. The molecule has 3 rings (SSSR count). The molecular formula is C20H15FN2O4S2. The van der Waals surface area contributed by atoms with Crippen molar-refractivity contribution >= 4 is 46.0 Å². The zero-order valence-corrected chi connectivity index (χ0v) is 16.7. The Morgan fingerprint density at radius 3 is 2.76 bits per heavy atom. The Hall–Kier alpha value is -3.04. The number of hydrogen-bond acceptors (Lipinski definition) is 6. The zero-order valence-electron chi connectivity index (χ0n) is 15.0. The second-order valence-electron chi connectivity index (χ2n) is 5.94. The van der Waals surface area contributed by atoms with Crippen molar-refractivity contribution in [2.75, 3.05) is 6.54 Å². The van der Waals surface area contributed by atoms with Crippen LogP contribution in [-0.4, -0.2) is 26.6 Å². The highest BCUT2D eigenvalue weighted by atomic mass is 32.2. The molecule has 9 heteroatoms. The highest BCUT2D eigenvalue weighted by molar-refractivity contribution is 8.26. The Bertz CT molecular complexity index is 1040. The van der Waals surface area contributed by atoms with Crippen molar-refractivity contribution in [3.63, 3.8) is 0 Å². The number of halogens is 1. The Morgan fingerprint density at radius 2 is 2.07 bits per heavy atom. The second-order valence-corrected chi connectivity index (χ2v) is 7.62. The molecule has 0 spiro atoms. The van der Waals surface area contributed by atoms with Crippen LogP contribution >= 0.6 is 24.0 Å². The normalized spacial score (nSPS) is 15.1. The van der Waals surface area contributed by atoms with E-state index < -0.39 is 10.7 Å². The minimum Gasteiger partial charge on any atom is -0.488 e. The maximum absolute atomic E-state index is 13.8. The first-order valence-corrected chi connectivity index (χ1v) is 9.64. The predicted octanol–water partition coefficient (Wildman–Crippen LogP) is 4.70. The standard InChI is InChI=1S/C20H15FN2O4S2/c1-2-9-22-19(24)18(29-20(22)28)11-14-10-15(23(25)26)7-8-17(14)27-12-13-5-3-4-6-16(13)21/h2-8,10-11H,1,9,12H2. The molecule has 6 nitrogen and oxygen atoms in total. The molecule has 0 N–H and O–H groups in total. The number of amides is 1. The number of hydrogen-bond donors (Lipinski definition) is 0. The molecule has 0 aliphatic carbocycles. The number of nitrogens with zero attached hydrogens (tertiary/aromatic N) is 2. The first-order chi connectivity index (χ1) is 13.9. The Labute approximate surface area is 175 Å². The van der Waals surface area contributed by atoms with E-state index in [1.807, 2.05) is 0 Å². The predicted molar refractivity (Wildman–Crippen MR) is 114 cm³/mol. The maximum atomic E-state index is 13.8. The molecule has 1 fully saturated rings. The molecule has 1 aliphatic rings. The van der Waals surface area contributed by atoms with Crippen LogP contribution in [0.25, 0.3) is 6.08 Å². The molecular weight excluding hydrogens is 415 g/mol. The van der Waals surface area contributed by atoms with E-state index >= 15 is 0 Å². The van der Waals surface area contributed by atoms with Crippen LogP contribution in [0, 0.1) is 15.9 Å². The molecule has 1 amide bonds. The third-order valence-electron chi connectivity index (χ3n) is 4.02. The van der Waals surface area contributed by atoms with E-state index in [0.717, 1.165) is 11.8 Å². The summed E-state index contributed by atoms with van der Waals surface area (Å²) in [6.07, 6.45) is 3.05. The van der Waals surface area contributed by atoms with Gasteiger partial charge >= 0.3 is 0 Å². The van der Waals surface area contributed by atoms with Crippen molar-refractivity contribution < 1.29 is 18.8 Å². The van der Waals surface area contributed by atoms with Crippen molar-refractivity contribution in [2.24, 2.45) is 0 Å². The SMILES string of the molecule is C=CCN1C(=O)C(=Cc2cc([N+](=O)[O-])ccc2OCc2ccccc2F)SC1=S.